The molecule has 2 heterocycles. The predicted octanol–water partition coefficient (Wildman–Crippen LogP) is 3.00. The van der Waals surface area contributed by atoms with Crippen LogP contribution in [0.5, 0.6) is 0 Å². The zero-order valence-electron chi connectivity index (χ0n) is 14.3. The summed E-state index contributed by atoms with van der Waals surface area (Å²) in [7, 11) is 0. The molecule has 1 aromatic heterocycles. The van der Waals surface area contributed by atoms with Crippen molar-refractivity contribution in [3.63, 3.8) is 0 Å². The fourth-order valence-corrected chi connectivity index (χ4v) is 3.44. The Morgan fingerprint density at radius 3 is 2.88 bits per heavy atom. The van der Waals surface area contributed by atoms with E-state index in [2.05, 4.69) is 69.9 Å². The Bertz CT molecular complexity index is 699. The molecule has 1 saturated carbocycles. The van der Waals surface area contributed by atoms with Crippen LogP contribution in [-0.2, 0) is 6.54 Å². The standard InChI is InChI=1S/C20H26N4/c1-2-17(8-15-6-4-3-5-7-15)19-9-20(19)22-10-16-11-23-24(14-16)18-12-21-13-18/h3-8,11,14,18-22H,2,9-10,12-13H2,1H3/b17-8+. The van der Waals surface area contributed by atoms with Crippen LogP contribution in [-0.4, -0.2) is 28.9 Å². The number of rotatable bonds is 7. The fourth-order valence-electron chi connectivity index (χ4n) is 3.44. The first-order valence-corrected chi connectivity index (χ1v) is 9.06. The molecular formula is C20H26N4. The first-order chi connectivity index (χ1) is 11.8. The maximum atomic E-state index is 4.49. The summed E-state index contributed by atoms with van der Waals surface area (Å²) in [5.41, 5.74) is 4.17. The van der Waals surface area contributed by atoms with Gasteiger partial charge in [-0.2, -0.15) is 5.10 Å². The van der Waals surface area contributed by atoms with Crippen molar-refractivity contribution in [1.82, 2.24) is 20.4 Å². The van der Waals surface area contributed by atoms with Gasteiger partial charge in [0.15, 0.2) is 0 Å². The molecule has 2 unspecified atom stereocenters. The van der Waals surface area contributed by atoms with Crippen LogP contribution in [0.25, 0.3) is 6.08 Å². The number of nitrogens with one attached hydrogen (secondary N) is 2. The van der Waals surface area contributed by atoms with Crippen molar-refractivity contribution in [2.75, 3.05) is 13.1 Å². The van der Waals surface area contributed by atoms with Crippen LogP contribution < -0.4 is 10.6 Å². The van der Waals surface area contributed by atoms with Gasteiger partial charge in [-0.15, -0.1) is 0 Å². The summed E-state index contributed by atoms with van der Waals surface area (Å²) in [6.45, 7) is 5.28. The molecule has 4 rings (SSSR count). The first-order valence-electron chi connectivity index (χ1n) is 9.06. The lowest BCUT2D eigenvalue weighted by molar-refractivity contribution is 0.318. The van der Waals surface area contributed by atoms with Crippen LogP contribution in [0.1, 0.15) is 36.9 Å². The largest absolute Gasteiger partial charge is 0.312 e. The van der Waals surface area contributed by atoms with Crippen LogP contribution in [0.2, 0.25) is 0 Å². The predicted molar refractivity (Wildman–Crippen MR) is 97.6 cm³/mol. The minimum Gasteiger partial charge on any atom is -0.312 e. The maximum absolute atomic E-state index is 4.49. The molecular weight excluding hydrogens is 296 g/mol. The number of hydrogen-bond acceptors (Lipinski definition) is 3. The van der Waals surface area contributed by atoms with Crippen molar-refractivity contribution < 1.29 is 0 Å². The van der Waals surface area contributed by atoms with Crippen LogP contribution in [0.15, 0.2) is 48.3 Å². The van der Waals surface area contributed by atoms with Crippen molar-refractivity contribution in [3.05, 3.63) is 59.4 Å². The summed E-state index contributed by atoms with van der Waals surface area (Å²) in [6, 6.07) is 11.8. The zero-order chi connectivity index (χ0) is 16.4. The molecule has 2 atom stereocenters. The van der Waals surface area contributed by atoms with Gasteiger partial charge in [0.05, 0.1) is 12.2 Å². The van der Waals surface area contributed by atoms with Gasteiger partial charge in [-0.25, -0.2) is 0 Å². The molecule has 0 bridgehead atoms. The molecule has 2 aromatic rings. The van der Waals surface area contributed by atoms with Gasteiger partial charge in [0.2, 0.25) is 0 Å². The van der Waals surface area contributed by atoms with E-state index in [-0.39, 0.29) is 0 Å². The van der Waals surface area contributed by atoms with Crippen molar-refractivity contribution in [1.29, 1.82) is 0 Å². The lowest BCUT2D eigenvalue weighted by Gasteiger charge is -2.27. The van der Waals surface area contributed by atoms with Gasteiger partial charge in [-0.3, -0.25) is 4.68 Å². The highest BCUT2D eigenvalue weighted by Crippen LogP contribution is 2.39. The lowest BCUT2D eigenvalue weighted by Crippen LogP contribution is -2.43. The fraction of sp³-hybridized carbons (Fsp3) is 0.450. The summed E-state index contributed by atoms with van der Waals surface area (Å²) in [5.74, 6) is 0.695. The quantitative estimate of drug-likeness (QED) is 0.823. The smallest absolute Gasteiger partial charge is 0.0767 e. The van der Waals surface area contributed by atoms with E-state index in [9.17, 15) is 0 Å². The molecule has 0 spiro atoms. The second kappa shape index (κ2) is 6.91. The third-order valence-corrected chi connectivity index (χ3v) is 5.18. The first kappa shape index (κ1) is 15.6. The van der Waals surface area contributed by atoms with Crippen molar-refractivity contribution in [2.45, 2.75) is 38.4 Å². The average Bonchev–Trinajstić information content (AvgIpc) is 3.20. The Balaban J connectivity index is 1.31. The van der Waals surface area contributed by atoms with Gasteiger partial charge in [-0.1, -0.05) is 48.9 Å². The maximum Gasteiger partial charge on any atom is 0.0767 e. The monoisotopic (exact) mass is 322 g/mol. The third kappa shape index (κ3) is 3.45. The van der Waals surface area contributed by atoms with Crippen LogP contribution >= 0.6 is 0 Å². The van der Waals surface area contributed by atoms with E-state index in [1.807, 2.05) is 6.20 Å². The van der Waals surface area contributed by atoms with E-state index in [1.54, 1.807) is 5.57 Å². The topological polar surface area (TPSA) is 41.9 Å². The van der Waals surface area contributed by atoms with Crippen molar-refractivity contribution >= 4 is 6.08 Å². The second-order valence-electron chi connectivity index (χ2n) is 6.95. The van der Waals surface area contributed by atoms with E-state index in [4.69, 9.17) is 0 Å². The summed E-state index contributed by atoms with van der Waals surface area (Å²) in [4.78, 5) is 0. The minimum atomic E-state index is 0.549. The Morgan fingerprint density at radius 2 is 2.17 bits per heavy atom. The third-order valence-electron chi connectivity index (χ3n) is 5.18. The highest BCUT2D eigenvalue weighted by Gasteiger charge is 2.38. The molecule has 126 valence electrons. The Kier molecular flexibility index (Phi) is 4.50. The van der Waals surface area contributed by atoms with Gasteiger partial charge < -0.3 is 10.6 Å². The Morgan fingerprint density at radius 1 is 1.33 bits per heavy atom. The normalized spacial score (nSPS) is 24.0. The lowest BCUT2D eigenvalue weighted by atomic mass is 10.0. The van der Waals surface area contributed by atoms with Gasteiger partial charge in [0.25, 0.3) is 0 Å². The van der Waals surface area contributed by atoms with E-state index < -0.39 is 0 Å². The van der Waals surface area contributed by atoms with Gasteiger partial charge in [0, 0.05) is 37.4 Å². The van der Waals surface area contributed by atoms with E-state index in [0.29, 0.717) is 18.0 Å². The molecule has 2 aliphatic rings. The molecule has 0 amide bonds. The zero-order valence-corrected chi connectivity index (χ0v) is 14.3. The van der Waals surface area contributed by atoms with E-state index in [0.717, 1.165) is 26.1 Å². The number of hydrogen-bond donors (Lipinski definition) is 2. The van der Waals surface area contributed by atoms with Gasteiger partial charge in [-0.05, 0) is 24.3 Å². The van der Waals surface area contributed by atoms with Gasteiger partial charge >= 0.3 is 0 Å². The van der Waals surface area contributed by atoms with E-state index >= 15 is 0 Å². The van der Waals surface area contributed by atoms with Crippen LogP contribution in [0.4, 0.5) is 0 Å². The average molecular weight is 322 g/mol. The number of nitrogens with zero attached hydrogens (tertiary/aromatic N) is 2. The molecule has 1 saturated heterocycles. The minimum absolute atomic E-state index is 0.549. The highest BCUT2D eigenvalue weighted by atomic mass is 15.3. The highest BCUT2D eigenvalue weighted by molar-refractivity contribution is 5.54. The molecule has 1 aliphatic heterocycles. The van der Waals surface area contributed by atoms with E-state index in [1.165, 1.54) is 17.5 Å². The van der Waals surface area contributed by atoms with Gasteiger partial charge in [0.1, 0.15) is 0 Å². The summed E-state index contributed by atoms with van der Waals surface area (Å²) in [5, 5.41) is 11.5. The number of aromatic nitrogens is 2. The summed E-state index contributed by atoms with van der Waals surface area (Å²) < 4.78 is 2.10. The Labute approximate surface area is 144 Å². The molecule has 1 aliphatic carbocycles. The van der Waals surface area contributed by atoms with Crippen molar-refractivity contribution in [2.24, 2.45) is 5.92 Å². The molecule has 4 nitrogen and oxygen atoms in total. The molecule has 2 N–H and O–H groups in total. The molecule has 1 aromatic carbocycles. The van der Waals surface area contributed by atoms with Crippen LogP contribution in [0, 0.1) is 5.92 Å². The van der Waals surface area contributed by atoms with Crippen molar-refractivity contribution in [3.8, 4) is 0 Å². The molecule has 2 fully saturated rings. The second-order valence-corrected chi connectivity index (χ2v) is 6.95. The summed E-state index contributed by atoms with van der Waals surface area (Å²) in [6.07, 6.45) is 8.95. The molecule has 0 radical (unpaired) electrons. The number of benzene rings is 1. The Hall–Kier alpha value is -1.91. The molecule has 24 heavy (non-hydrogen) atoms. The van der Waals surface area contributed by atoms with Crippen LogP contribution in [0.3, 0.4) is 0 Å². The SMILES string of the molecule is CC/C(=C\c1ccccc1)C1CC1NCc1cnn(C2CNC2)c1. The molecule has 4 heteroatoms. The summed E-state index contributed by atoms with van der Waals surface area (Å²) >= 11 is 0.